The van der Waals surface area contributed by atoms with Crippen molar-refractivity contribution in [1.82, 2.24) is 5.32 Å². The third kappa shape index (κ3) is 7.48. The second-order valence-electron chi connectivity index (χ2n) is 5.26. The SMILES string of the molecule is COc1ccc(Cl)cc1C(=O)CCC(=O)NCCCCCCO. The number of unbranched alkanes of at least 4 members (excludes halogenated alkanes) is 3. The number of ether oxygens (including phenoxy) is 1. The van der Waals surface area contributed by atoms with E-state index < -0.39 is 0 Å². The summed E-state index contributed by atoms with van der Waals surface area (Å²) >= 11 is 5.90. The maximum Gasteiger partial charge on any atom is 0.220 e. The lowest BCUT2D eigenvalue weighted by molar-refractivity contribution is -0.121. The zero-order valence-electron chi connectivity index (χ0n) is 13.4. The van der Waals surface area contributed by atoms with E-state index in [1.54, 1.807) is 18.2 Å². The molecule has 0 aliphatic rings. The molecule has 2 N–H and O–H groups in total. The molecule has 0 atom stereocenters. The average Bonchev–Trinajstić information content (AvgIpc) is 2.55. The van der Waals surface area contributed by atoms with E-state index in [1.807, 2.05) is 0 Å². The Balaban J connectivity index is 2.33. The smallest absolute Gasteiger partial charge is 0.220 e. The van der Waals surface area contributed by atoms with Crippen LogP contribution in [0.3, 0.4) is 0 Å². The van der Waals surface area contributed by atoms with Crippen molar-refractivity contribution in [2.45, 2.75) is 38.5 Å². The Morgan fingerprint density at radius 2 is 1.91 bits per heavy atom. The molecule has 0 aliphatic heterocycles. The van der Waals surface area contributed by atoms with Crippen molar-refractivity contribution in [3.63, 3.8) is 0 Å². The number of hydrogen-bond donors (Lipinski definition) is 2. The standard InChI is InChI=1S/C17H24ClNO4/c1-23-16-8-6-13(18)12-14(16)15(21)7-9-17(22)19-10-4-2-3-5-11-20/h6,8,12,20H,2-5,7,9-11H2,1H3,(H,19,22). The van der Waals surface area contributed by atoms with Gasteiger partial charge in [0.05, 0.1) is 12.7 Å². The number of amides is 1. The molecule has 0 radical (unpaired) electrons. The number of carbonyl (C=O) groups is 2. The van der Waals surface area contributed by atoms with E-state index in [-0.39, 0.29) is 31.1 Å². The van der Waals surface area contributed by atoms with Gasteiger partial charge in [-0.3, -0.25) is 9.59 Å². The fraction of sp³-hybridized carbons (Fsp3) is 0.529. The van der Waals surface area contributed by atoms with Crippen molar-refractivity contribution < 1.29 is 19.4 Å². The third-order valence-corrected chi connectivity index (χ3v) is 3.68. The highest BCUT2D eigenvalue weighted by Crippen LogP contribution is 2.24. The van der Waals surface area contributed by atoms with Crippen LogP contribution in [0.25, 0.3) is 0 Å². The van der Waals surface area contributed by atoms with Crippen LogP contribution in [-0.2, 0) is 4.79 Å². The molecule has 6 heteroatoms. The molecule has 5 nitrogen and oxygen atoms in total. The predicted molar refractivity (Wildman–Crippen MR) is 90.1 cm³/mol. The van der Waals surface area contributed by atoms with Crippen molar-refractivity contribution in [2.75, 3.05) is 20.3 Å². The summed E-state index contributed by atoms with van der Waals surface area (Å²) in [6, 6.07) is 4.85. The van der Waals surface area contributed by atoms with E-state index in [4.69, 9.17) is 21.4 Å². The average molecular weight is 342 g/mol. The summed E-state index contributed by atoms with van der Waals surface area (Å²) in [6.45, 7) is 0.806. The number of aliphatic hydroxyl groups is 1. The number of carbonyl (C=O) groups excluding carboxylic acids is 2. The molecule has 1 amide bonds. The normalized spacial score (nSPS) is 10.4. The molecular formula is C17H24ClNO4. The fourth-order valence-corrected chi connectivity index (χ4v) is 2.34. The Kier molecular flexibility index (Phi) is 9.33. The number of ketones is 1. The first-order valence-corrected chi connectivity index (χ1v) is 8.20. The van der Waals surface area contributed by atoms with Crippen LogP contribution in [0.4, 0.5) is 0 Å². The second kappa shape index (κ2) is 11.0. The molecule has 0 spiro atoms. The summed E-state index contributed by atoms with van der Waals surface area (Å²) < 4.78 is 5.14. The van der Waals surface area contributed by atoms with Gasteiger partial charge in [0.15, 0.2) is 5.78 Å². The van der Waals surface area contributed by atoms with Crippen molar-refractivity contribution in [3.8, 4) is 5.75 Å². The van der Waals surface area contributed by atoms with Gasteiger partial charge in [0.25, 0.3) is 0 Å². The molecule has 0 saturated carbocycles. The molecule has 0 aliphatic carbocycles. The van der Waals surface area contributed by atoms with Crippen molar-refractivity contribution in [3.05, 3.63) is 28.8 Å². The third-order valence-electron chi connectivity index (χ3n) is 3.45. The van der Waals surface area contributed by atoms with Crippen LogP contribution in [-0.4, -0.2) is 37.1 Å². The van der Waals surface area contributed by atoms with Gasteiger partial charge >= 0.3 is 0 Å². The Labute approximate surface area is 142 Å². The van der Waals surface area contributed by atoms with Gasteiger partial charge in [0.2, 0.25) is 5.91 Å². The molecule has 1 aromatic rings. The van der Waals surface area contributed by atoms with E-state index >= 15 is 0 Å². The first-order valence-electron chi connectivity index (χ1n) is 7.82. The van der Waals surface area contributed by atoms with E-state index in [0.29, 0.717) is 22.9 Å². The lowest BCUT2D eigenvalue weighted by Crippen LogP contribution is -2.24. The summed E-state index contributed by atoms with van der Waals surface area (Å²) in [6.07, 6.45) is 3.86. The van der Waals surface area contributed by atoms with E-state index in [0.717, 1.165) is 25.7 Å². The second-order valence-corrected chi connectivity index (χ2v) is 5.69. The number of nitrogens with one attached hydrogen (secondary N) is 1. The highest BCUT2D eigenvalue weighted by Gasteiger charge is 2.14. The number of rotatable bonds is 11. The summed E-state index contributed by atoms with van der Waals surface area (Å²) in [5, 5.41) is 11.9. The van der Waals surface area contributed by atoms with Crippen molar-refractivity contribution in [1.29, 1.82) is 0 Å². The van der Waals surface area contributed by atoms with E-state index in [9.17, 15) is 9.59 Å². The molecule has 128 valence electrons. The van der Waals surface area contributed by atoms with Crippen LogP contribution in [0.1, 0.15) is 48.9 Å². The van der Waals surface area contributed by atoms with Gasteiger partial charge in [-0.2, -0.15) is 0 Å². The Bertz CT molecular complexity index is 519. The first kappa shape index (κ1) is 19.5. The maximum absolute atomic E-state index is 12.2. The van der Waals surface area contributed by atoms with Crippen LogP contribution < -0.4 is 10.1 Å². The van der Waals surface area contributed by atoms with Crippen LogP contribution in [0.2, 0.25) is 5.02 Å². The van der Waals surface area contributed by atoms with Gasteiger partial charge in [-0.05, 0) is 31.0 Å². The fourth-order valence-electron chi connectivity index (χ4n) is 2.17. The van der Waals surface area contributed by atoms with E-state index in [2.05, 4.69) is 5.32 Å². The van der Waals surface area contributed by atoms with Gasteiger partial charge < -0.3 is 15.2 Å². The molecule has 0 heterocycles. The molecule has 0 fully saturated rings. The van der Waals surface area contributed by atoms with Crippen LogP contribution in [0.15, 0.2) is 18.2 Å². The maximum atomic E-state index is 12.2. The summed E-state index contributed by atoms with van der Waals surface area (Å²) in [5.74, 6) is 0.160. The molecular weight excluding hydrogens is 318 g/mol. The predicted octanol–water partition coefficient (Wildman–Crippen LogP) is 2.98. The quantitative estimate of drug-likeness (QED) is 0.479. The summed E-state index contributed by atoms with van der Waals surface area (Å²) in [7, 11) is 1.49. The van der Waals surface area contributed by atoms with Crippen LogP contribution in [0, 0.1) is 0 Å². The summed E-state index contributed by atoms with van der Waals surface area (Å²) in [5.41, 5.74) is 0.400. The van der Waals surface area contributed by atoms with E-state index in [1.165, 1.54) is 7.11 Å². The number of Topliss-reactive ketones (excluding diaryl/α,β-unsaturated/α-hetero) is 1. The van der Waals surface area contributed by atoms with Gasteiger partial charge in [-0.15, -0.1) is 0 Å². The molecule has 0 bridgehead atoms. The number of halogens is 1. The number of aliphatic hydroxyl groups excluding tert-OH is 1. The Morgan fingerprint density at radius 3 is 2.61 bits per heavy atom. The minimum atomic E-state index is -0.164. The highest BCUT2D eigenvalue weighted by molar-refractivity contribution is 6.31. The van der Waals surface area contributed by atoms with Crippen molar-refractivity contribution >= 4 is 23.3 Å². The Hall–Kier alpha value is -1.59. The highest BCUT2D eigenvalue weighted by atomic mass is 35.5. The van der Waals surface area contributed by atoms with Gasteiger partial charge in [0.1, 0.15) is 5.75 Å². The monoisotopic (exact) mass is 341 g/mol. The zero-order chi connectivity index (χ0) is 17.1. The molecule has 0 unspecified atom stereocenters. The van der Waals surface area contributed by atoms with Gasteiger partial charge in [-0.25, -0.2) is 0 Å². The summed E-state index contributed by atoms with van der Waals surface area (Å²) in [4.78, 5) is 23.9. The largest absolute Gasteiger partial charge is 0.496 e. The van der Waals surface area contributed by atoms with Gasteiger partial charge in [0, 0.05) is 31.0 Å². The Morgan fingerprint density at radius 1 is 1.17 bits per heavy atom. The lowest BCUT2D eigenvalue weighted by atomic mass is 10.1. The lowest BCUT2D eigenvalue weighted by Gasteiger charge is -2.08. The molecule has 1 aromatic carbocycles. The number of benzene rings is 1. The van der Waals surface area contributed by atoms with Crippen molar-refractivity contribution in [2.24, 2.45) is 0 Å². The molecule has 0 saturated heterocycles. The minimum absolute atomic E-state index is 0.118. The number of methoxy groups -OCH3 is 1. The topological polar surface area (TPSA) is 75.6 Å². The van der Waals surface area contributed by atoms with Crippen LogP contribution >= 0.6 is 11.6 Å². The molecule has 0 aromatic heterocycles. The van der Waals surface area contributed by atoms with Gasteiger partial charge in [-0.1, -0.05) is 24.4 Å². The first-order chi connectivity index (χ1) is 11.1. The van der Waals surface area contributed by atoms with Crippen LogP contribution in [0.5, 0.6) is 5.75 Å². The molecule has 23 heavy (non-hydrogen) atoms. The number of hydrogen-bond acceptors (Lipinski definition) is 4. The molecule has 1 rings (SSSR count). The zero-order valence-corrected chi connectivity index (χ0v) is 14.2. The minimum Gasteiger partial charge on any atom is -0.496 e.